The number of ether oxygens (including phenoxy) is 1. The fourth-order valence-electron chi connectivity index (χ4n) is 1.85. The van der Waals surface area contributed by atoms with Gasteiger partial charge in [0.25, 0.3) is 0 Å². The summed E-state index contributed by atoms with van der Waals surface area (Å²) in [4.78, 5) is 0. The molecule has 0 saturated heterocycles. The van der Waals surface area contributed by atoms with Crippen molar-refractivity contribution < 1.29 is 4.74 Å². The Morgan fingerprint density at radius 2 is 2.05 bits per heavy atom. The lowest BCUT2D eigenvalue weighted by atomic mass is 10.3. The summed E-state index contributed by atoms with van der Waals surface area (Å²) in [5.41, 5.74) is 5.67. The molecule has 0 aliphatic carbocycles. The normalized spacial score (nSPS) is 10.8. The Morgan fingerprint density at radius 1 is 1.29 bits per heavy atom. The number of rotatable bonds is 8. The predicted molar refractivity (Wildman–Crippen MR) is 85.9 cm³/mol. The molecule has 1 aromatic heterocycles. The highest BCUT2D eigenvalue weighted by atomic mass is 35.5. The molecule has 1 aromatic carbocycles. The minimum Gasteiger partial charge on any atom is -0.493 e. The van der Waals surface area contributed by atoms with Crippen molar-refractivity contribution in [2.75, 3.05) is 12.4 Å². The average molecular weight is 327 g/mol. The molecular weight excluding hydrogens is 308 g/mol. The third-order valence-electron chi connectivity index (χ3n) is 2.82. The molecule has 0 radical (unpaired) electrons. The molecule has 5 nitrogen and oxygen atoms in total. The van der Waals surface area contributed by atoms with Crippen LogP contribution in [0.5, 0.6) is 5.75 Å². The van der Waals surface area contributed by atoms with E-state index in [4.69, 9.17) is 22.1 Å². The number of hydrogen-bond donors (Lipinski definition) is 1. The number of benzene rings is 1. The van der Waals surface area contributed by atoms with Crippen molar-refractivity contribution >= 4 is 23.4 Å². The first kappa shape index (κ1) is 16.1. The maximum absolute atomic E-state index is 5.83. The Balaban J connectivity index is 1.83. The summed E-state index contributed by atoms with van der Waals surface area (Å²) in [5.74, 6) is 2.45. The second-order valence-electron chi connectivity index (χ2n) is 4.41. The standard InChI is InChI=1S/C14H19ClN4OS/c1-2-7-19-13(10-16)17-18-14(19)21-9-8-20-12-5-3-11(15)4-6-12/h3-6H,2,7-10,16H2,1H3. The molecule has 0 fully saturated rings. The van der Waals surface area contributed by atoms with Gasteiger partial charge in [0.1, 0.15) is 11.6 Å². The summed E-state index contributed by atoms with van der Waals surface area (Å²) >= 11 is 7.46. The van der Waals surface area contributed by atoms with Gasteiger partial charge in [0, 0.05) is 17.3 Å². The molecule has 7 heteroatoms. The molecule has 0 saturated carbocycles. The Bertz CT molecular complexity index is 559. The molecule has 0 spiro atoms. The highest BCUT2D eigenvalue weighted by Gasteiger charge is 2.10. The first-order valence-corrected chi connectivity index (χ1v) is 8.24. The molecule has 114 valence electrons. The van der Waals surface area contributed by atoms with Crippen LogP contribution in [-0.2, 0) is 13.1 Å². The second-order valence-corrected chi connectivity index (χ2v) is 5.90. The summed E-state index contributed by atoms with van der Waals surface area (Å²) in [6.07, 6.45) is 1.03. The van der Waals surface area contributed by atoms with Crippen molar-refractivity contribution in [2.45, 2.75) is 31.6 Å². The Labute approximate surface area is 133 Å². The van der Waals surface area contributed by atoms with Crippen molar-refractivity contribution in [1.82, 2.24) is 14.8 Å². The topological polar surface area (TPSA) is 66.0 Å². The van der Waals surface area contributed by atoms with Gasteiger partial charge >= 0.3 is 0 Å². The van der Waals surface area contributed by atoms with Gasteiger partial charge in [0.05, 0.1) is 13.2 Å². The van der Waals surface area contributed by atoms with Crippen LogP contribution in [-0.4, -0.2) is 27.1 Å². The lowest BCUT2D eigenvalue weighted by molar-refractivity contribution is 0.344. The number of thioether (sulfide) groups is 1. The zero-order valence-corrected chi connectivity index (χ0v) is 13.5. The van der Waals surface area contributed by atoms with Gasteiger partial charge in [0.2, 0.25) is 0 Å². The molecule has 0 bridgehead atoms. The molecule has 0 aliphatic heterocycles. The van der Waals surface area contributed by atoms with Crippen molar-refractivity contribution in [3.8, 4) is 5.75 Å². The van der Waals surface area contributed by atoms with E-state index in [-0.39, 0.29) is 0 Å². The quantitative estimate of drug-likeness (QED) is 0.596. The molecule has 0 aliphatic rings. The van der Waals surface area contributed by atoms with E-state index < -0.39 is 0 Å². The van der Waals surface area contributed by atoms with Crippen molar-refractivity contribution in [3.05, 3.63) is 35.1 Å². The minimum absolute atomic E-state index is 0.412. The number of nitrogens with two attached hydrogens (primary N) is 1. The highest BCUT2D eigenvalue weighted by molar-refractivity contribution is 7.99. The van der Waals surface area contributed by atoms with Gasteiger partial charge in [0.15, 0.2) is 5.16 Å². The summed E-state index contributed by atoms with van der Waals surface area (Å²) < 4.78 is 7.73. The minimum atomic E-state index is 0.412. The zero-order valence-electron chi connectivity index (χ0n) is 12.0. The number of halogens is 1. The molecule has 0 atom stereocenters. The van der Waals surface area contributed by atoms with Crippen LogP contribution in [0.25, 0.3) is 0 Å². The second kappa shape index (κ2) is 8.26. The number of aromatic nitrogens is 3. The van der Waals surface area contributed by atoms with Gasteiger partial charge in [-0.15, -0.1) is 10.2 Å². The van der Waals surface area contributed by atoms with Crippen molar-refractivity contribution in [2.24, 2.45) is 5.73 Å². The molecular formula is C14H19ClN4OS. The zero-order chi connectivity index (χ0) is 15.1. The van der Waals surface area contributed by atoms with E-state index in [1.807, 2.05) is 24.3 Å². The fourth-order valence-corrected chi connectivity index (χ4v) is 2.77. The van der Waals surface area contributed by atoms with Crippen LogP contribution in [0, 0.1) is 0 Å². The van der Waals surface area contributed by atoms with E-state index in [1.54, 1.807) is 11.8 Å². The van der Waals surface area contributed by atoms with Gasteiger partial charge in [-0.3, -0.25) is 0 Å². The van der Waals surface area contributed by atoms with Gasteiger partial charge in [-0.05, 0) is 30.7 Å². The first-order valence-electron chi connectivity index (χ1n) is 6.88. The van der Waals surface area contributed by atoms with Gasteiger partial charge in [-0.1, -0.05) is 30.3 Å². The van der Waals surface area contributed by atoms with Gasteiger partial charge in [-0.2, -0.15) is 0 Å². The Morgan fingerprint density at radius 3 is 2.71 bits per heavy atom. The van der Waals surface area contributed by atoms with Crippen LogP contribution in [0.1, 0.15) is 19.2 Å². The lowest BCUT2D eigenvalue weighted by Crippen LogP contribution is -2.09. The lowest BCUT2D eigenvalue weighted by Gasteiger charge is -2.08. The summed E-state index contributed by atoms with van der Waals surface area (Å²) in [5, 5.41) is 9.90. The van der Waals surface area contributed by atoms with Crippen molar-refractivity contribution in [3.63, 3.8) is 0 Å². The third-order valence-corrected chi connectivity index (χ3v) is 4.00. The average Bonchev–Trinajstić information content (AvgIpc) is 2.88. The van der Waals surface area contributed by atoms with E-state index >= 15 is 0 Å². The van der Waals surface area contributed by atoms with E-state index in [0.29, 0.717) is 18.2 Å². The highest BCUT2D eigenvalue weighted by Crippen LogP contribution is 2.19. The maximum Gasteiger partial charge on any atom is 0.191 e. The molecule has 2 aromatic rings. The molecule has 0 unspecified atom stereocenters. The number of hydrogen-bond acceptors (Lipinski definition) is 5. The number of nitrogens with zero attached hydrogens (tertiary/aromatic N) is 3. The van der Waals surface area contributed by atoms with E-state index in [1.165, 1.54) is 0 Å². The molecule has 2 N–H and O–H groups in total. The summed E-state index contributed by atoms with van der Waals surface area (Å²) in [7, 11) is 0. The largest absolute Gasteiger partial charge is 0.493 e. The first-order chi connectivity index (χ1) is 10.2. The van der Waals surface area contributed by atoms with E-state index in [2.05, 4.69) is 21.7 Å². The van der Waals surface area contributed by atoms with Crippen LogP contribution < -0.4 is 10.5 Å². The SMILES string of the molecule is CCCn1c(CN)nnc1SCCOc1ccc(Cl)cc1. The van der Waals surface area contributed by atoms with Crippen LogP contribution in [0.3, 0.4) is 0 Å². The third kappa shape index (κ3) is 4.62. The predicted octanol–water partition coefficient (Wildman–Crippen LogP) is 2.97. The summed E-state index contributed by atoms with van der Waals surface area (Å²) in [6.45, 7) is 4.02. The van der Waals surface area contributed by atoms with E-state index in [0.717, 1.165) is 35.4 Å². The Kier molecular flexibility index (Phi) is 6.35. The molecule has 1 heterocycles. The molecule has 0 amide bonds. The Hall–Kier alpha value is -1.24. The molecule has 21 heavy (non-hydrogen) atoms. The molecule has 2 rings (SSSR count). The smallest absolute Gasteiger partial charge is 0.191 e. The van der Waals surface area contributed by atoms with Gasteiger partial charge in [-0.25, -0.2) is 0 Å². The summed E-state index contributed by atoms with van der Waals surface area (Å²) in [6, 6.07) is 7.35. The fraction of sp³-hybridized carbons (Fsp3) is 0.429. The monoisotopic (exact) mass is 326 g/mol. The van der Waals surface area contributed by atoms with Crippen LogP contribution in [0.4, 0.5) is 0 Å². The van der Waals surface area contributed by atoms with Gasteiger partial charge < -0.3 is 15.0 Å². The van der Waals surface area contributed by atoms with Crippen molar-refractivity contribution in [1.29, 1.82) is 0 Å². The maximum atomic E-state index is 5.83. The van der Waals surface area contributed by atoms with Crippen LogP contribution in [0.15, 0.2) is 29.4 Å². The van der Waals surface area contributed by atoms with Crippen LogP contribution >= 0.6 is 23.4 Å². The van der Waals surface area contributed by atoms with E-state index in [9.17, 15) is 0 Å². The van der Waals surface area contributed by atoms with Crippen LogP contribution in [0.2, 0.25) is 5.02 Å².